The van der Waals surface area contributed by atoms with Crippen LogP contribution < -0.4 is 10.4 Å². The van der Waals surface area contributed by atoms with Crippen molar-refractivity contribution in [3.63, 3.8) is 0 Å². The third-order valence-electron chi connectivity index (χ3n) is 5.04. The molecule has 0 bridgehead atoms. The van der Waals surface area contributed by atoms with Crippen molar-refractivity contribution in [2.75, 3.05) is 6.61 Å². The fourth-order valence-electron chi connectivity index (χ4n) is 3.33. The highest BCUT2D eigenvalue weighted by Gasteiger charge is 2.50. The van der Waals surface area contributed by atoms with Gasteiger partial charge in [0.15, 0.2) is 0 Å². The number of carboxylic acids is 1. The zero-order valence-corrected chi connectivity index (χ0v) is 17.5. The number of carboxylic acid groups (broad SMARTS) is 1. The molecule has 0 radical (unpaired) electrons. The van der Waals surface area contributed by atoms with Crippen molar-refractivity contribution >= 4 is 24.7 Å². The van der Waals surface area contributed by atoms with Gasteiger partial charge < -0.3 is 9.53 Å². The SMILES string of the molecule is CC(C)(CCO[Si](c1ccccc1)(c1ccccc1)C(C)(C)C)C(=O)O. The highest BCUT2D eigenvalue weighted by molar-refractivity contribution is 6.99. The van der Waals surface area contributed by atoms with Crippen LogP contribution in [0, 0.1) is 5.41 Å². The molecule has 4 heteroatoms. The topological polar surface area (TPSA) is 46.5 Å². The van der Waals surface area contributed by atoms with E-state index in [1.54, 1.807) is 13.8 Å². The van der Waals surface area contributed by atoms with Crippen LogP contribution in [0.3, 0.4) is 0 Å². The van der Waals surface area contributed by atoms with Crippen molar-refractivity contribution in [1.82, 2.24) is 0 Å². The van der Waals surface area contributed by atoms with E-state index in [2.05, 4.69) is 69.3 Å². The molecular weight excluding hydrogens is 340 g/mol. The first-order valence-electron chi connectivity index (χ1n) is 9.10. The van der Waals surface area contributed by atoms with Crippen LogP contribution in [-0.4, -0.2) is 26.0 Å². The number of hydrogen-bond acceptors (Lipinski definition) is 2. The van der Waals surface area contributed by atoms with Gasteiger partial charge >= 0.3 is 5.97 Å². The summed E-state index contributed by atoms with van der Waals surface area (Å²) in [5.74, 6) is -0.788. The van der Waals surface area contributed by atoms with Crippen molar-refractivity contribution in [2.45, 2.75) is 46.1 Å². The lowest BCUT2D eigenvalue weighted by Gasteiger charge is -2.43. The summed E-state index contributed by atoms with van der Waals surface area (Å²) in [5.41, 5.74) is -0.800. The molecule has 26 heavy (non-hydrogen) atoms. The van der Waals surface area contributed by atoms with Gasteiger partial charge in [-0.15, -0.1) is 0 Å². The second kappa shape index (κ2) is 7.76. The number of rotatable bonds is 7. The van der Waals surface area contributed by atoms with Crippen LogP contribution >= 0.6 is 0 Å². The fourth-order valence-corrected chi connectivity index (χ4v) is 7.89. The molecule has 140 valence electrons. The van der Waals surface area contributed by atoms with Crippen molar-refractivity contribution in [1.29, 1.82) is 0 Å². The number of aliphatic carboxylic acids is 1. The van der Waals surface area contributed by atoms with E-state index in [0.717, 1.165) is 0 Å². The van der Waals surface area contributed by atoms with E-state index in [1.807, 2.05) is 12.1 Å². The lowest BCUT2D eigenvalue weighted by atomic mass is 9.90. The third-order valence-corrected chi connectivity index (χ3v) is 10.1. The lowest BCUT2D eigenvalue weighted by molar-refractivity contribution is -0.147. The van der Waals surface area contributed by atoms with Crippen LogP contribution in [0.2, 0.25) is 5.04 Å². The molecule has 0 saturated heterocycles. The minimum atomic E-state index is -2.58. The Morgan fingerprint density at radius 2 is 1.31 bits per heavy atom. The summed E-state index contributed by atoms with van der Waals surface area (Å²) in [6.45, 7) is 10.6. The first kappa shape index (κ1) is 20.4. The van der Waals surface area contributed by atoms with Gasteiger partial charge in [0.2, 0.25) is 0 Å². The highest BCUT2D eigenvalue weighted by atomic mass is 28.4. The smallest absolute Gasteiger partial charge is 0.309 e. The molecule has 0 aliphatic carbocycles. The molecule has 0 saturated carbocycles. The monoisotopic (exact) mass is 370 g/mol. The quantitative estimate of drug-likeness (QED) is 0.748. The maximum Gasteiger partial charge on any atom is 0.309 e. The lowest BCUT2D eigenvalue weighted by Crippen LogP contribution is -2.66. The molecule has 3 nitrogen and oxygen atoms in total. The summed E-state index contributed by atoms with van der Waals surface area (Å²) < 4.78 is 6.73. The van der Waals surface area contributed by atoms with Crippen molar-refractivity contribution in [3.05, 3.63) is 60.7 Å². The van der Waals surface area contributed by atoms with Crippen molar-refractivity contribution in [2.24, 2.45) is 5.41 Å². The average molecular weight is 371 g/mol. The molecular formula is C22H30O3Si. The molecule has 0 atom stereocenters. The third kappa shape index (κ3) is 4.08. The Bertz CT molecular complexity index is 679. The van der Waals surface area contributed by atoms with E-state index >= 15 is 0 Å². The highest BCUT2D eigenvalue weighted by Crippen LogP contribution is 2.37. The van der Waals surface area contributed by atoms with E-state index in [4.69, 9.17) is 4.43 Å². The van der Waals surface area contributed by atoms with E-state index in [0.29, 0.717) is 13.0 Å². The van der Waals surface area contributed by atoms with Gasteiger partial charge in [-0.2, -0.15) is 0 Å². The van der Waals surface area contributed by atoms with Crippen molar-refractivity contribution < 1.29 is 14.3 Å². The van der Waals surface area contributed by atoms with Gasteiger partial charge in [-0.05, 0) is 35.7 Å². The van der Waals surface area contributed by atoms with Gasteiger partial charge in [-0.1, -0.05) is 81.4 Å². The van der Waals surface area contributed by atoms with Crippen LogP contribution in [0.4, 0.5) is 0 Å². The summed E-state index contributed by atoms with van der Waals surface area (Å²) in [6, 6.07) is 20.8. The van der Waals surface area contributed by atoms with Crippen LogP contribution in [0.15, 0.2) is 60.7 Å². The fraction of sp³-hybridized carbons (Fsp3) is 0.409. The summed E-state index contributed by atoms with van der Waals surface area (Å²) in [4.78, 5) is 11.5. The van der Waals surface area contributed by atoms with Crippen LogP contribution in [0.25, 0.3) is 0 Å². The van der Waals surface area contributed by atoms with E-state index in [1.165, 1.54) is 10.4 Å². The molecule has 0 unspecified atom stereocenters. The molecule has 0 aliphatic rings. The average Bonchev–Trinajstić information content (AvgIpc) is 2.59. The van der Waals surface area contributed by atoms with Gasteiger partial charge in [0.25, 0.3) is 8.32 Å². The van der Waals surface area contributed by atoms with Gasteiger partial charge in [-0.25, -0.2) is 0 Å². The predicted octanol–water partition coefficient (Wildman–Crippen LogP) is 4.06. The largest absolute Gasteiger partial charge is 0.481 e. The molecule has 2 rings (SSSR count). The zero-order chi connectivity index (χ0) is 19.4. The molecule has 0 amide bonds. The Kier molecular flexibility index (Phi) is 6.09. The molecule has 0 spiro atoms. The van der Waals surface area contributed by atoms with E-state index < -0.39 is 19.7 Å². The normalized spacial score (nSPS) is 12.8. The second-order valence-corrected chi connectivity index (χ2v) is 12.8. The molecule has 1 N–H and O–H groups in total. The first-order chi connectivity index (χ1) is 12.1. The Morgan fingerprint density at radius 3 is 1.65 bits per heavy atom. The minimum absolute atomic E-state index is 0.0942. The van der Waals surface area contributed by atoms with E-state index in [9.17, 15) is 9.90 Å². The minimum Gasteiger partial charge on any atom is -0.481 e. The summed E-state index contributed by atoms with van der Waals surface area (Å²) >= 11 is 0. The van der Waals surface area contributed by atoms with Crippen molar-refractivity contribution in [3.8, 4) is 0 Å². The van der Waals surface area contributed by atoms with Gasteiger partial charge in [-0.3, -0.25) is 4.79 Å². The molecule has 0 fully saturated rings. The van der Waals surface area contributed by atoms with Gasteiger partial charge in [0, 0.05) is 6.61 Å². The number of carbonyl (C=O) groups is 1. The van der Waals surface area contributed by atoms with Crippen LogP contribution in [0.5, 0.6) is 0 Å². The Morgan fingerprint density at radius 1 is 0.885 bits per heavy atom. The van der Waals surface area contributed by atoms with Gasteiger partial charge in [0.1, 0.15) is 0 Å². The summed E-state index contributed by atoms with van der Waals surface area (Å²) in [7, 11) is -2.58. The number of benzene rings is 2. The predicted molar refractivity (Wildman–Crippen MR) is 110 cm³/mol. The molecule has 0 heterocycles. The van der Waals surface area contributed by atoms with Crippen LogP contribution in [0.1, 0.15) is 41.0 Å². The summed E-state index contributed by atoms with van der Waals surface area (Å²) in [5, 5.41) is 11.8. The molecule has 2 aromatic rings. The summed E-state index contributed by atoms with van der Waals surface area (Å²) in [6.07, 6.45) is 0.479. The Hall–Kier alpha value is -1.91. The van der Waals surface area contributed by atoms with Gasteiger partial charge in [0.05, 0.1) is 5.41 Å². The standard InChI is InChI=1S/C22H30O3Si/c1-21(2,3)26(18-12-8-6-9-13-18,19-14-10-7-11-15-19)25-17-16-22(4,5)20(23)24/h6-15H,16-17H2,1-5H3,(H,23,24). The maximum atomic E-state index is 11.5. The molecule has 0 aromatic heterocycles. The molecule has 2 aromatic carbocycles. The zero-order valence-electron chi connectivity index (χ0n) is 16.5. The Balaban J connectivity index is 2.49. The van der Waals surface area contributed by atoms with Crippen LogP contribution in [-0.2, 0) is 9.22 Å². The second-order valence-electron chi connectivity index (χ2n) is 8.45. The number of hydrogen-bond donors (Lipinski definition) is 1. The Labute approximate surface area is 158 Å². The first-order valence-corrected chi connectivity index (χ1v) is 11.0. The maximum absolute atomic E-state index is 11.5. The molecule has 0 aliphatic heterocycles. The van der Waals surface area contributed by atoms with E-state index in [-0.39, 0.29) is 5.04 Å².